The number of rotatable bonds is 7. The molecule has 8 nitrogen and oxygen atoms in total. The Bertz CT molecular complexity index is 1220. The van der Waals surface area contributed by atoms with E-state index in [9.17, 15) is 23.9 Å². The van der Waals surface area contributed by atoms with Gasteiger partial charge in [-0.2, -0.15) is 0 Å². The van der Waals surface area contributed by atoms with Crippen molar-refractivity contribution in [2.24, 2.45) is 0 Å². The number of nitrogens with one attached hydrogen (secondary N) is 2. The number of ether oxygens (including phenoxy) is 1. The maximum Gasteiger partial charge on any atom is 0.411 e. The van der Waals surface area contributed by atoms with E-state index in [1.807, 2.05) is 48.5 Å². The number of halogens is 1. The lowest BCUT2D eigenvalue weighted by atomic mass is 9.98. The van der Waals surface area contributed by atoms with Crippen LogP contribution < -0.4 is 10.6 Å². The fourth-order valence-corrected chi connectivity index (χ4v) is 3.92. The summed E-state index contributed by atoms with van der Waals surface area (Å²) < 4.78 is 20.2. The predicted octanol–water partition coefficient (Wildman–Crippen LogP) is 3.36. The first-order chi connectivity index (χ1) is 16.4. The molecule has 3 aromatic rings. The number of hydrogen-bond donors (Lipinski definition) is 4. The molecule has 0 aromatic heterocycles. The van der Waals surface area contributed by atoms with E-state index in [1.54, 1.807) is 0 Å². The van der Waals surface area contributed by atoms with E-state index < -0.39 is 42.0 Å². The number of carboxylic acids is 1. The molecule has 0 heterocycles. The number of carbonyl (C=O) groups is 3. The molecule has 174 valence electrons. The van der Waals surface area contributed by atoms with Crippen LogP contribution in [-0.4, -0.2) is 47.4 Å². The minimum Gasteiger partial charge on any atom is -0.479 e. The third-order valence-electron chi connectivity index (χ3n) is 5.56. The highest BCUT2D eigenvalue weighted by Crippen LogP contribution is 2.44. The number of amides is 2. The van der Waals surface area contributed by atoms with E-state index in [-0.39, 0.29) is 18.2 Å². The van der Waals surface area contributed by atoms with E-state index in [0.717, 1.165) is 22.3 Å². The number of anilines is 1. The van der Waals surface area contributed by atoms with Crippen molar-refractivity contribution in [1.29, 1.82) is 0 Å². The van der Waals surface area contributed by atoms with Crippen molar-refractivity contribution >= 4 is 23.7 Å². The summed E-state index contributed by atoms with van der Waals surface area (Å²) in [4.78, 5) is 35.2. The standard InChI is InChI=1S/C25H21FN2O6/c26-22-18(23(30)27-12-21(29)24(31)32)10-5-11-20(22)28-25(33)34-13-19-16-8-3-1-6-14(16)15-7-2-4-9-17(15)19/h1-11,19,21,29H,12-13H2,(H,27,30)(H,28,33)(H,31,32)/t21-/m0/s1. The summed E-state index contributed by atoms with van der Waals surface area (Å²) in [5.74, 6) is -3.64. The Morgan fingerprint density at radius 1 is 0.941 bits per heavy atom. The van der Waals surface area contributed by atoms with Crippen molar-refractivity contribution in [3.63, 3.8) is 0 Å². The minimum atomic E-state index is -1.82. The number of aliphatic hydroxyl groups excluding tert-OH is 1. The first kappa shape index (κ1) is 22.9. The number of carbonyl (C=O) groups excluding carboxylic acids is 2. The fraction of sp³-hybridized carbons (Fsp3) is 0.160. The van der Waals surface area contributed by atoms with Gasteiger partial charge in [-0.3, -0.25) is 10.1 Å². The zero-order valence-electron chi connectivity index (χ0n) is 17.8. The molecule has 34 heavy (non-hydrogen) atoms. The quantitative estimate of drug-likeness (QED) is 0.425. The summed E-state index contributed by atoms with van der Waals surface area (Å²) in [5, 5.41) is 22.3. The molecule has 0 spiro atoms. The summed E-state index contributed by atoms with van der Waals surface area (Å²) in [6.07, 6.45) is -2.71. The van der Waals surface area contributed by atoms with Crippen molar-refractivity contribution in [3.8, 4) is 11.1 Å². The molecular weight excluding hydrogens is 443 g/mol. The number of carboxylic acid groups (broad SMARTS) is 1. The van der Waals surface area contributed by atoms with Crippen LogP contribution in [0.2, 0.25) is 0 Å². The average Bonchev–Trinajstić information content (AvgIpc) is 3.16. The average molecular weight is 464 g/mol. The third kappa shape index (κ3) is 4.60. The number of fused-ring (bicyclic) bond motifs is 3. The van der Waals surface area contributed by atoms with Crippen molar-refractivity contribution in [2.75, 3.05) is 18.5 Å². The Morgan fingerprint density at radius 2 is 1.56 bits per heavy atom. The second-order valence-electron chi connectivity index (χ2n) is 7.68. The van der Waals surface area contributed by atoms with E-state index in [0.29, 0.717) is 0 Å². The molecule has 1 atom stereocenters. The van der Waals surface area contributed by atoms with Gasteiger partial charge in [0.05, 0.1) is 17.8 Å². The molecule has 0 unspecified atom stereocenters. The molecule has 9 heteroatoms. The normalized spacial score (nSPS) is 12.9. The summed E-state index contributed by atoms with van der Waals surface area (Å²) >= 11 is 0. The molecule has 3 aromatic carbocycles. The van der Waals surface area contributed by atoms with Crippen LogP contribution in [0.4, 0.5) is 14.9 Å². The van der Waals surface area contributed by atoms with Gasteiger partial charge in [-0.25, -0.2) is 14.0 Å². The van der Waals surface area contributed by atoms with Crippen molar-refractivity contribution in [2.45, 2.75) is 12.0 Å². The van der Waals surface area contributed by atoms with Crippen LogP contribution in [0, 0.1) is 5.82 Å². The minimum absolute atomic E-state index is 0.0364. The highest BCUT2D eigenvalue weighted by molar-refractivity contribution is 5.97. The smallest absolute Gasteiger partial charge is 0.411 e. The second kappa shape index (κ2) is 9.72. The van der Waals surface area contributed by atoms with Crippen LogP contribution in [0.25, 0.3) is 11.1 Å². The largest absolute Gasteiger partial charge is 0.479 e. The van der Waals surface area contributed by atoms with E-state index >= 15 is 0 Å². The maximum absolute atomic E-state index is 14.8. The molecule has 1 aliphatic rings. The maximum atomic E-state index is 14.8. The Labute approximate surface area is 194 Å². The van der Waals surface area contributed by atoms with Gasteiger partial charge in [-0.1, -0.05) is 54.6 Å². The van der Waals surface area contributed by atoms with Crippen LogP contribution in [0.1, 0.15) is 27.4 Å². The Morgan fingerprint density at radius 3 is 2.18 bits per heavy atom. The molecule has 0 radical (unpaired) electrons. The fourth-order valence-electron chi connectivity index (χ4n) is 3.92. The number of hydrogen-bond acceptors (Lipinski definition) is 5. The number of benzene rings is 3. The zero-order valence-corrected chi connectivity index (χ0v) is 17.8. The third-order valence-corrected chi connectivity index (χ3v) is 5.56. The van der Waals surface area contributed by atoms with E-state index in [4.69, 9.17) is 9.84 Å². The van der Waals surface area contributed by atoms with Gasteiger partial charge in [0.2, 0.25) is 0 Å². The van der Waals surface area contributed by atoms with Crippen molar-refractivity contribution in [1.82, 2.24) is 5.32 Å². The van der Waals surface area contributed by atoms with Gasteiger partial charge in [0.15, 0.2) is 11.9 Å². The Hall–Kier alpha value is -4.24. The van der Waals surface area contributed by atoms with Gasteiger partial charge in [0.1, 0.15) is 6.61 Å². The summed E-state index contributed by atoms with van der Waals surface area (Å²) in [6.45, 7) is -0.563. The summed E-state index contributed by atoms with van der Waals surface area (Å²) in [7, 11) is 0. The molecule has 2 amide bonds. The molecule has 0 saturated heterocycles. The number of aliphatic carboxylic acids is 1. The Balaban J connectivity index is 1.42. The van der Waals surface area contributed by atoms with Crippen LogP contribution >= 0.6 is 0 Å². The molecule has 4 rings (SSSR count). The highest BCUT2D eigenvalue weighted by Gasteiger charge is 2.29. The van der Waals surface area contributed by atoms with Crippen LogP contribution in [0.5, 0.6) is 0 Å². The van der Waals surface area contributed by atoms with E-state index in [1.165, 1.54) is 18.2 Å². The highest BCUT2D eigenvalue weighted by atomic mass is 19.1. The summed E-state index contributed by atoms with van der Waals surface area (Å²) in [6, 6.07) is 19.5. The second-order valence-corrected chi connectivity index (χ2v) is 7.68. The molecule has 1 aliphatic carbocycles. The lowest BCUT2D eigenvalue weighted by molar-refractivity contribution is -0.146. The predicted molar refractivity (Wildman–Crippen MR) is 121 cm³/mol. The van der Waals surface area contributed by atoms with Gasteiger partial charge in [-0.05, 0) is 34.4 Å². The molecule has 0 saturated carbocycles. The molecule has 0 bridgehead atoms. The zero-order chi connectivity index (χ0) is 24.2. The van der Waals surface area contributed by atoms with Gasteiger partial charge in [0, 0.05) is 5.92 Å². The first-order valence-corrected chi connectivity index (χ1v) is 10.5. The molecule has 0 fully saturated rings. The SMILES string of the molecule is O=C(Nc1cccc(C(=O)NC[C@H](O)C(=O)O)c1F)OCC1c2ccccc2-c2ccccc21. The monoisotopic (exact) mass is 464 g/mol. The van der Waals surface area contributed by atoms with Crippen molar-refractivity contribution < 1.29 is 33.7 Å². The van der Waals surface area contributed by atoms with Crippen LogP contribution in [0.15, 0.2) is 66.7 Å². The Kier molecular flexibility index (Phi) is 6.55. The van der Waals surface area contributed by atoms with Gasteiger partial charge >= 0.3 is 12.1 Å². The molecule has 0 aliphatic heterocycles. The van der Waals surface area contributed by atoms with E-state index in [2.05, 4.69) is 10.6 Å². The van der Waals surface area contributed by atoms with Crippen LogP contribution in [0.3, 0.4) is 0 Å². The first-order valence-electron chi connectivity index (χ1n) is 10.5. The summed E-state index contributed by atoms with van der Waals surface area (Å²) in [5.41, 5.74) is 3.52. The molecule has 4 N–H and O–H groups in total. The number of aliphatic hydroxyl groups is 1. The van der Waals surface area contributed by atoms with Crippen LogP contribution in [-0.2, 0) is 9.53 Å². The topological polar surface area (TPSA) is 125 Å². The van der Waals surface area contributed by atoms with Gasteiger partial charge in [0.25, 0.3) is 5.91 Å². The van der Waals surface area contributed by atoms with Gasteiger partial charge < -0.3 is 20.3 Å². The molecular formula is C25H21FN2O6. The lowest BCUT2D eigenvalue weighted by Gasteiger charge is -2.15. The van der Waals surface area contributed by atoms with Gasteiger partial charge in [-0.15, -0.1) is 0 Å². The lowest BCUT2D eigenvalue weighted by Crippen LogP contribution is -2.36. The van der Waals surface area contributed by atoms with Crippen molar-refractivity contribution in [3.05, 3.63) is 89.2 Å².